The van der Waals surface area contributed by atoms with E-state index in [0.717, 1.165) is 19.5 Å². The largest absolute Gasteiger partial charge is 0.407 e. The normalized spacial score (nSPS) is 15.0. The van der Waals surface area contributed by atoms with Gasteiger partial charge in [0.2, 0.25) is 5.89 Å². The van der Waals surface area contributed by atoms with Gasteiger partial charge in [0.1, 0.15) is 0 Å². The van der Waals surface area contributed by atoms with Gasteiger partial charge in [0.15, 0.2) is 0 Å². The second-order valence-electron chi connectivity index (χ2n) is 4.93. The third-order valence-corrected chi connectivity index (χ3v) is 3.15. The molecule has 5 heteroatoms. The van der Waals surface area contributed by atoms with Crippen molar-refractivity contribution in [2.45, 2.75) is 58.5 Å². The van der Waals surface area contributed by atoms with Crippen molar-refractivity contribution >= 4 is 6.01 Å². The Morgan fingerprint density at radius 2 is 2.11 bits per heavy atom. The van der Waals surface area contributed by atoms with E-state index in [9.17, 15) is 0 Å². The molecule has 1 aliphatic rings. The minimum Gasteiger partial charge on any atom is -0.407 e. The molecule has 1 aromatic heterocycles. The van der Waals surface area contributed by atoms with Crippen molar-refractivity contribution in [3.63, 3.8) is 0 Å². The Morgan fingerprint density at radius 1 is 1.28 bits per heavy atom. The van der Waals surface area contributed by atoms with Crippen molar-refractivity contribution in [1.82, 2.24) is 15.5 Å². The molecule has 102 valence electrons. The lowest BCUT2D eigenvalue weighted by Crippen LogP contribution is -2.27. The number of rotatable bonds is 9. The third-order valence-electron chi connectivity index (χ3n) is 3.15. The molecule has 1 aliphatic carbocycles. The van der Waals surface area contributed by atoms with Gasteiger partial charge in [-0.1, -0.05) is 25.4 Å². The van der Waals surface area contributed by atoms with Crippen LogP contribution in [0.2, 0.25) is 0 Å². The van der Waals surface area contributed by atoms with Crippen LogP contribution in [0.25, 0.3) is 0 Å². The zero-order valence-corrected chi connectivity index (χ0v) is 11.5. The monoisotopic (exact) mass is 252 g/mol. The summed E-state index contributed by atoms with van der Waals surface area (Å²) in [5.74, 6) is 0.695. The average Bonchev–Trinajstić information content (AvgIpc) is 3.10. The Bertz CT molecular complexity index is 349. The van der Waals surface area contributed by atoms with Crippen LogP contribution in [0.1, 0.15) is 51.8 Å². The Kier molecular flexibility index (Phi) is 4.99. The topological polar surface area (TPSA) is 54.2 Å². The number of hydrogen-bond donors (Lipinski definition) is 1. The van der Waals surface area contributed by atoms with Gasteiger partial charge in [0.25, 0.3) is 0 Å². The van der Waals surface area contributed by atoms with Gasteiger partial charge in [-0.2, -0.15) is 0 Å². The van der Waals surface area contributed by atoms with E-state index >= 15 is 0 Å². The molecule has 0 atom stereocenters. The lowest BCUT2D eigenvalue weighted by molar-refractivity contribution is 0.457. The van der Waals surface area contributed by atoms with E-state index in [1.54, 1.807) is 0 Å². The first-order valence-corrected chi connectivity index (χ1v) is 7.14. The first kappa shape index (κ1) is 13.3. The van der Waals surface area contributed by atoms with Crippen molar-refractivity contribution in [2.24, 2.45) is 0 Å². The number of anilines is 1. The molecule has 0 aliphatic heterocycles. The molecule has 1 N–H and O–H groups in total. The Hall–Kier alpha value is -1.10. The number of hydrogen-bond acceptors (Lipinski definition) is 5. The maximum Gasteiger partial charge on any atom is 0.318 e. The van der Waals surface area contributed by atoms with Crippen LogP contribution in [0.5, 0.6) is 0 Å². The van der Waals surface area contributed by atoms with Crippen LogP contribution in [0, 0.1) is 0 Å². The zero-order chi connectivity index (χ0) is 12.8. The molecule has 1 saturated carbocycles. The van der Waals surface area contributed by atoms with Gasteiger partial charge < -0.3 is 14.6 Å². The van der Waals surface area contributed by atoms with Gasteiger partial charge in [-0.05, 0) is 32.2 Å². The highest BCUT2D eigenvalue weighted by Gasteiger charge is 2.31. The maximum absolute atomic E-state index is 5.73. The summed E-state index contributed by atoms with van der Waals surface area (Å²) in [5.41, 5.74) is 0. The van der Waals surface area contributed by atoms with E-state index in [2.05, 4.69) is 34.3 Å². The number of nitrogens with one attached hydrogen (secondary N) is 1. The smallest absolute Gasteiger partial charge is 0.318 e. The highest BCUT2D eigenvalue weighted by atomic mass is 16.4. The molecule has 2 rings (SSSR count). The molecule has 0 saturated heterocycles. The second kappa shape index (κ2) is 6.73. The Labute approximate surface area is 109 Å². The summed E-state index contributed by atoms with van der Waals surface area (Å²) < 4.78 is 5.73. The standard InChI is InChI=1S/C13H24N4O/c1-3-5-9-17(11-6-7-11)13-16-15-12(18-13)10-14-8-4-2/h11,14H,3-10H2,1-2H3. The lowest BCUT2D eigenvalue weighted by Gasteiger charge is -2.18. The van der Waals surface area contributed by atoms with E-state index in [1.807, 2.05) is 0 Å². The van der Waals surface area contributed by atoms with Gasteiger partial charge in [-0.3, -0.25) is 0 Å². The van der Waals surface area contributed by atoms with E-state index in [-0.39, 0.29) is 0 Å². The number of aromatic nitrogens is 2. The van der Waals surface area contributed by atoms with Crippen LogP contribution in [0.15, 0.2) is 4.42 Å². The maximum atomic E-state index is 5.73. The summed E-state index contributed by atoms with van der Waals surface area (Å²) in [6, 6.07) is 1.34. The van der Waals surface area contributed by atoms with Gasteiger partial charge in [-0.15, -0.1) is 5.10 Å². The summed E-state index contributed by atoms with van der Waals surface area (Å²) in [6.07, 6.45) is 6.02. The molecule has 0 amide bonds. The molecule has 1 heterocycles. The van der Waals surface area contributed by atoms with Crippen LogP contribution < -0.4 is 10.2 Å². The molecule has 0 bridgehead atoms. The van der Waals surface area contributed by atoms with Crippen LogP contribution >= 0.6 is 0 Å². The second-order valence-corrected chi connectivity index (χ2v) is 4.93. The van der Waals surface area contributed by atoms with Gasteiger partial charge in [0.05, 0.1) is 6.54 Å². The van der Waals surface area contributed by atoms with E-state index in [1.165, 1.54) is 25.7 Å². The van der Waals surface area contributed by atoms with Crippen molar-refractivity contribution in [3.05, 3.63) is 5.89 Å². The van der Waals surface area contributed by atoms with Crippen LogP contribution in [-0.4, -0.2) is 29.3 Å². The summed E-state index contributed by atoms with van der Waals surface area (Å²) in [4.78, 5) is 2.28. The molecule has 0 radical (unpaired) electrons. The van der Waals surface area contributed by atoms with Crippen molar-refractivity contribution in [1.29, 1.82) is 0 Å². The third kappa shape index (κ3) is 3.70. The van der Waals surface area contributed by atoms with Crippen LogP contribution in [0.3, 0.4) is 0 Å². The van der Waals surface area contributed by atoms with Crippen LogP contribution in [-0.2, 0) is 6.54 Å². The average molecular weight is 252 g/mol. The molecule has 0 spiro atoms. The minimum atomic E-state index is 0.633. The SMILES string of the molecule is CCCCN(c1nnc(CNCCC)o1)C1CC1. The molecular formula is C13H24N4O. The molecule has 0 unspecified atom stereocenters. The first-order chi connectivity index (χ1) is 8.85. The zero-order valence-electron chi connectivity index (χ0n) is 11.5. The fraction of sp³-hybridized carbons (Fsp3) is 0.846. The summed E-state index contributed by atoms with van der Waals surface area (Å²) in [5, 5.41) is 11.6. The van der Waals surface area contributed by atoms with Crippen molar-refractivity contribution in [3.8, 4) is 0 Å². The lowest BCUT2D eigenvalue weighted by atomic mass is 10.3. The number of unbranched alkanes of at least 4 members (excludes halogenated alkanes) is 1. The summed E-state index contributed by atoms with van der Waals surface area (Å²) in [6.45, 7) is 7.04. The Balaban J connectivity index is 1.89. The number of nitrogens with zero attached hydrogens (tertiary/aromatic N) is 3. The quantitative estimate of drug-likeness (QED) is 0.684. The Morgan fingerprint density at radius 3 is 2.78 bits per heavy atom. The van der Waals surface area contributed by atoms with E-state index < -0.39 is 0 Å². The first-order valence-electron chi connectivity index (χ1n) is 7.14. The summed E-state index contributed by atoms with van der Waals surface area (Å²) in [7, 11) is 0. The molecule has 1 fully saturated rings. The highest BCUT2D eigenvalue weighted by molar-refractivity contribution is 5.29. The predicted molar refractivity (Wildman–Crippen MR) is 71.6 cm³/mol. The predicted octanol–water partition coefficient (Wildman–Crippen LogP) is 2.34. The van der Waals surface area contributed by atoms with E-state index in [4.69, 9.17) is 4.42 Å². The highest BCUT2D eigenvalue weighted by Crippen LogP contribution is 2.31. The molecule has 0 aromatic carbocycles. The molecule has 5 nitrogen and oxygen atoms in total. The fourth-order valence-electron chi connectivity index (χ4n) is 1.95. The van der Waals surface area contributed by atoms with Gasteiger partial charge in [-0.25, -0.2) is 0 Å². The summed E-state index contributed by atoms with van der Waals surface area (Å²) >= 11 is 0. The van der Waals surface area contributed by atoms with Crippen molar-refractivity contribution < 1.29 is 4.42 Å². The molecule has 18 heavy (non-hydrogen) atoms. The molecular weight excluding hydrogens is 228 g/mol. The van der Waals surface area contributed by atoms with Gasteiger partial charge in [0, 0.05) is 12.6 Å². The van der Waals surface area contributed by atoms with Crippen molar-refractivity contribution in [2.75, 3.05) is 18.0 Å². The minimum absolute atomic E-state index is 0.633. The van der Waals surface area contributed by atoms with E-state index in [0.29, 0.717) is 24.5 Å². The molecule has 1 aromatic rings. The fourth-order valence-corrected chi connectivity index (χ4v) is 1.95. The van der Waals surface area contributed by atoms with Crippen LogP contribution in [0.4, 0.5) is 6.01 Å². The van der Waals surface area contributed by atoms with Gasteiger partial charge >= 0.3 is 6.01 Å².